The largest absolute Gasteiger partial charge is 1.00 e. The van der Waals surface area contributed by atoms with Crippen LogP contribution in [-0.4, -0.2) is 36.3 Å². The molecule has 2 atom stereocenters. The van der Waals surface area contributed by atoms with Gasteiger partial charge in [0.2, 0.25) is 6.17 Å². The van der Waals surface area contributed by atoms with Gasteiger partial charge in [0.1, 0.15) is 12.4 Å². The van der Waals surface area contributed by atoms with Crippen LogP contribution in [0.25, 0.3) is 0 Å². The standard InChI is InChI=1S/C14H16F3N3O2.ClH/c1-19-6-7-20(13(19)8-18-21)10-22-9-11-2-4-12(5-3-11)14(15,16)17;/h2-8,13,21H,9-10H2,1H3;1H/b18-8-;. The minimum atomic E-state index is -4.33. The van der Waals surface area contributed by atoms with Gasteiger partial charge in [0.25, 0.3) is 0 Å². The highest BCUT2D eigenvalue weighted by molar-refractivity contribution is 5.61. The summed E-state index contributed by atoms with van der Waals surface area (Å²) < 4.78 is 42.9. The molecule has 1 aromatic carbocycles. The van der Waals surface area contributed by atoms with E-state index in [1.807, 2.05) is 24.3 Å². The molecule has 2 N–H and O–H groups in total. The first-order valence-electron chi connectivity index (χ1n) is 6.59. The van der Waals surface area contributed by atoms with Crippen LogP contribution >= 0.6 is 0 Å². The second-order valence-electron chi connectivity index (χ2n) is 4.95. The molecule has 1 aliphatic rings. The van der Waals surface area contributed by atoms with E-state index in [4.69, 9.17) is 9.94 Å². The molecular formula is C14H17ClF3N3O2. The Bertz CT molecular complexity index is 549. The van der Waals surface area contributed by atoms with E-state index in [-0.39, 0.29) is 25.2 Å². The van der Waals surface area contributed by atoms with Gasteiger partial charge in [-0.25, -0.2) is 0 Å². The summed E-state index contributed by atoms with van der Waals surface area (Å²) in [4.78, 5) is 2.77. The molecule has 23 heavy (non-hydrogen) atoms. The van der Waals surface area contributed by atoms with E-state index in [9.17, 15) is 13.2 Å². The number of nitrogens with zero attached hydrogens (tertiary/aromatic N) is 2. The van der Waals surface area contributed by atoms with Crippen LogP contribution < -0.4 is 17.3 Å². The third-order valence-electron chi connectivity index (χ3n) is 3.37. The number of halogens is 4. The molecule has 0 fully saturated rings. The molecule has 0 amide bonds. The number of ether oxygens (including phenoxy) is 1. The van der Waals surface area contributed by atoms with Crippen LogP contribution in [0.15, 0.2) is 41.8 Å². The van der Waals surface area contributed by atoms with Crippen molar-refractivity contribution in [1.82, 2.24) is 4.90 Å². The van der Waals surface area contributed by atoms with Crippen LogP contribution in [0.3, 0.4) is 0 Å². The highest BCUT2D eigenvalue weighted by Gasteiger charge is 2.30. The number of hydrogen-bond donors (Lipinski definition) is 2. The van der Waals surface area contributed by atoms with E-state index in [1.165, 1.54) is 18.3 Å². The third-order valence-corrected chi connectivity index (χ3v) is 3.37. The van der Waals surface area contributed by atoms with Crippen LogP contribution in [0.2, 0.25) is 0 Å². The van der Waals surface area contributed by atoms with Gasteiger partial charge in [0.15, 0.2) is 6.73 Å². The first-order valence-corrected chi connectivity index (χ1v) is 6.59. The monoisotopic (exact) mass is 351 g/mol. The van der Waals surface area contributed by atoms with Crippen LogP contribution in [0.1, 0.15) is 11.1 Å². The number of benzene rings is 1. The van der Waals surface area contributed by atoms with Gasteiger partial charge >= 0.3 is 6.18 Å². The lowest BCUT2D eigenvalue weighted by Crippen LogP contribution is -3.12. The molecule has 0 aliphatic carbocycles. The first-order chi connectivity index (χ1) is 10.4. The van der Waals surface area contributed by atoms with Crippen molar-refractivity contribution >= 4 is 6.21 Å². The van der Waals surface area contributed by atoms with Gasteiger partial charge in [-0.05, 0) is 17.7 Å². The van der Waals surface area contributed by atoms with Crippen molar-refractivity contribution in [1.29, 1.82) is 0 Å². The molecule has 0 aromatic heterocycles. The molecule has 5 nitrogen and oxygen atoms in total. The van der Waals surface area contributed by atoms with E-state index in [0.717, 1.165) is 17.0 Å². The van der Waals surface area contributed by atoms with Gasteiger partial charge in [-0.2, -0.15) is 13.2 Å². The van der Waals surface area contributed by atoms with Gasteiger partial charge in [0, 0.05) is 7.05 Å². The van der Waals surface area contributed by atoms with Crippen LogP contribution in [0.4, 0.5) is 13.2 Å². The average molecular weight is 352 g/mol. The van der Waals surface area contributed by atoms with Gasteiger partial charge in [0.05, 0.1) is 18.4 Å². The number of rotatable bonds is 5. The Labute approximate surface area is 138 Å². The molecule has 0 bridgehead atoms. The Morgan fingerprint density at radius 1 is 1.35 bits per heavy atom. The van der Waals surface area contributed by atoms with Crippen LogP contribution in [0, 0.1) is 0 Å². The zero-order valence-electron chi connectivity index (χ0n) is 12.3. The number of oxime groups is 1. The Morgan fingerprint density at radius 2 is 2.00 bits per heavy atom. The summed E-state index contributed by atoms with van der Waals surface area (Å²) in [7, 11) is 1.84. The Morgan fingerprint density at radius 3 is 2.57 bits per heavy atom. The summed E-state index contributed by atoms with van der Waals surface area (Å²) in [6.07, 6.45) is 0.585. The van der Waals surface area contributed by atoms with E-state index in [2.05, 4.69) is 5.16 Å². The fourth-order valence-electron chi connectivity index (χ4n) is 2.14. The number of hydrogen-bond acceptors (Lipinski definition) is 4. The SMILES string of the molecule is CN1C=C[NH+](COCc2ccc(C(F)(F)F)cc2)C1/C=N\O.[Cl-]. The topological polar surface area (TPSA) is 49.5 Å². The van der Waals surface area contributed by atoms with Crippen LogP contribution in [0.5, 0.6) is 0 Å². The summed E-state index contributed by atoms with van der Waals surface area (Å²) in [5.41, 5.74) is -0.0125. The predicted octanol–water partition coefficient (Wildman–Crippen LogP) is -1.73. The van der Waals surface area contributed by atoms with E-state index in [1.54, 1.807) is 0 Å². The third kappa shape index (κ3) is 5.12. The van der Waals surface area contributed by atoms with Gasteiger partial charge < -0.3 is 27.3 Å². The Balaban J connectivity index is 0.00000264. The first kappa shape index (κ1) is 19.3. The lowest BCUT2D eigenvalue weighted by atomic mass is 10.1. The lowest BCUT2D eigenvalue weighted by molar-refractivity contribution is -0.886. The summed E-state index contributed by atoms with van der Waals surface area (Å²) in [5.74, 6) is 0. The normalized spacial score (nSPS) is 21.0. The second-order valence-corrected chi connectivity index (χ2v) is 4.95. The molecule has 128 valence electrons. The van der Waals surface area contributed by atoms with E-state index in [0.29, 0.717) is 12.3 Å². The molecule has 1 aliphatic heterocycles. The fraction of sp³-hybridized carbons (Fsp3) is 0.357. The van der Waals surface area contributed by atoms with Crippen molar-refractivity contribution in [2.75, 3.05) is 13.8 Å². The number of quaternary nitrogens is 1. The molecule has 1 aromatic rings. The quantitative estimate of drug-likeness (QED) is 0.377. The molecule has 0 spiro atoms. The van der Waals surface area contributed by atoms with Gasteiger partial charge in [-0.1, -0.05) is 17.3 Å². The van der Waals surface area contributed by atoms with Crippen molar-refractivity contribution in [3.05, 3.63) is 47.8 Å². The summed E-state index contributed by atoms with van der Waals surface area (Å²) in [6.45, 7) is 0.515. The minimum absolute atomic E-state index is 0. The maximum atomic E-state index is 12.4. The number of nitrogens with one attached hydrogen (secondary N) is 1. The van der Waals surface area contributed by atoms with E-state index < -0.39 is 11.7 Å². The highest BCUT2D eigenvalue weighted by Crippen LogP contribution is 2.29. The van der Waals surface area contributed by atoms with Gasteiger partial charge in [-0.15, -0.1) is 0 Å². The van der Waals surface area contributed by atoms with Gasteiger partial charge in [-0.3, -0.25) is 4.90 Å². The highest BCUT2D eigenvalue weighted by atomic mass is 35.5. The number of alkyl halides is 3. The summed E-state index contributed by atoms with van der Waals surface area (Å²) >= 11 is 0. The summed E-state index contributed by atoms with van der Waals surface area (Å²) in [6, 6.07) is 4.88. The Kier molecular flexibility index (Phi) is 6.86. The van der Waals surface area contributed by atoms with Crippen molar-refractivity contribution < 1.29 is 40.4 Å². The molecule has 1 heterocycles. The predicted molar refractivity (Wildman–Crippen MR) is 73.0 cm³/mol. The lowest BCUT2D eigenvalue weighted by Gasteiger charge is -2.21. The molecular weight excluding hydrogens is 335 g/mol. The molecule has 9 heteroatoms. The van der Waals surface area contributed by atoms with Crippen molar-refractivity contribution in [3.63, 3.8) is 0 Å². The molecule has 2 rings (SSSR count). The van der Waals surface area contributed by atoms with E-state index >= 15 is 0 Å². The molecule has 0 radical (unpaired) electrons. The smallest absolute Gasteiger partial charge is 0.416 e. The fourth-order valence-corrected chi connectivity index (χ4v) is 2.14. The van der Waals surface area contributed by atoms with Crippen molar-refractivity contribution in [3.8, 4) is 0 Å². The Hall–Kier alpha value is -1.77. The van der Waals surface area contributed by atoms with Crippen LogP contribution in [-0.2, 0) is 17.5 Å². The molecule has 0 saturated heterocycles. The average Bonchev–Trinajstić information content (AvgIpc) is 2.80. The maximum Gasteiger partial charge on any atom is 0.416 e. The summed E-state index contributed by atoms with van der Waals surface area (Å²) in [5, 5.41) is 11.7. The zero-order valence-corrected chi connectivity index (χ0v) is 13.1. The zero-order chi connectivity index (χ0) is 16.2. The van der Waals surface area contributed by atoms with Crippen molar-refractivity contribution in [2.24, 2.45) is 5.16 Å². The molecule has 0 saturated carbocycles. The second kappa shape index (κ2) is 8.19. The maximum absolute atomic E-state index is 12.4. The minimum Gasteiger partial charge on any atom is -1.00 e. The molecule has 2 unspecified atom stereocenters. The van der Waals surface area contributed by atoms with Crippen molar-refractivity contribution in [2.45, 2.75) is 18.9 Å².